The number of aryl methyl sites for hydroxylation is 1. The van der Waals surface area contributed by atoms with E-state index in [0.717, 1.165) is 42.6 Å². The molecule has 1 aliphatic carbocycles. The van der Waals surface area contributed by atoms with Crippen LogP contribution in [-0.2, 0) is 0 Å². The topological polar surface area (TPSA) is 32.3 Å². The first-order valence-corrected chi connectivity index (χ1v) is 8.25. The molecule has 0 aromatic heterocycles. The number of amides is 1. The number of anilines is 1. The first-order valence-electron chi connectivity index (χ1n) is 8.25. The number of carbonyl (C=O) groups is 1. The van der Waals surface area contributed by atoms with Gasteiger partial charge < -0.3 is 10.2 Å². The Kier molecular flexibility index (Phi) is 5.66. The fourth-order valence-electron chi connectivity index (χ4n) is 3.11. The number of hydrogen-bond acceptors (Lipinski definition) is 2. The molecule has 1 saturated carbocycles. The quantitative estimate of drug-likeness (QED) is 0.879. The zero-order valence-corrected chi connectivity index (χ0v) is 13.6. The largest absolute Gasteiger partial charge is 0.385 e. The van der Waals surface area contributed by atoms with E-state index in [1.165, 1.54) is 19.3 Å². The molecule has 1 amide bonds. The van der Waals surface area contributed by atoms with Gasteiger partial charge in [-0.1, -0.05) is 26.2 Å². The molecule has 1 aliphatic rings. The van der Waals surface area contributed by atoms with Crippen LogP contribution in [0.3, 0.4) is 0 Å². The van der Waals surface area contributed by atoms with Gasteiger partial charge in [0, 0.05) is 30.9 Å². The highest BCUT2D eigenvalue weighted by molar-refractivity contribution is 5.96. The number of carbonyl (C=O) groups excluding carboxylic acids is 1. The first-order chi connectivity index (χ1) is 10.1. The van der Waals surface area contributed by atoms with Crippen molar-refractivity contribution in [1.82, 2.24) is 4.90 Å². The molecular formula is C18H28N2O. The monoisotopic (exact) mass is 288 g/mol. The van der Waals surface area contributed by atoms with Crippen LogP contribution >= 0.6 is 0 Å². The maximum absolute atomic E-state index is 12.7. The van der Waals surface area contributed by atoms with Crippen molar-refractivity contribution in [1.29, 1.82) is 0 Å². The second kappa shape index (κ2) is 7.48. The Hall–Kier alpha value is -1.51. The van der Waals surface area contributed by atoms with Crippen LogP contribution in [0.2, 0.25) is 0 Å². The van der Waals surface area contributed by atoms with Gasteiger partial charge in [0.25, 0.3) is 5.91 Å². The van der Waals surface area contributed by atoms with E-state index in [2.05, 4.69) is 18.3 Å². The molecule has 0 aliphatic heterocycles. The molecule has 1 N–H and O–H groups in total. The van der Waals surface area contributed by atoms with Gasteiger partial charge in [-0.05, 0) is 49.9 Å². The number of hydrogen-bond donors (Lipinski definition) is 1. The van der Waals surface area contributed by atoms with Crippen LogP contribution in [-0.4, -0.2) is 30.4 Å². The molecule has 0 unspecified atom stereocenters. The van der Waals surface area contributed by atoms with Gasteiger partial charge in [-0.15, -0.1) is 0 Å². The van der Waals surface area contributed by atoms with E-state index in [1.54, 1.807) is 0 Å². The summed E-state index contributed by atoms with van der Waals surface area (Å²) in [5.41, 5.74) is 3.00. The zero-order valence-electron chi connectivity index (χ0n) is 13.6. The first kappa shape index (κ1) is 15.9. The summed E-state index contributed by atoms with van der Waals surface area (Å²) in [6, 6.07) is 6.49. The molecule has 2 rings (SSSR count). The summed E-state index contributed by atoms with van der Waals surface area (Å²) in [5, 5.41) is 3.37. The highest BCUT2D eigenvalue weighted by atomic mass is 16.2. The predicted molar refractivity (Wildman–Crippen MR) is 88.9 cm³/mol. The van der Waals surface area contributed by atoms with E-state index in [0.29, 0.717) is 6.04 Å². The minimum absolute atomic E-state index is 0.168. The molecule has 3 nitrogen and oxygen atoms in total. The van der Waals surface area contributed by atoms with E-state index < -0.39 is 0 Å². The van der Waals surface area contributed by atoms with Crippen molar-refractivity contribution in [2.24, 2.45) is 0 Å². The maximum Gasteiger partial charge on any atom is 0.254 e. The molecule has 0 spiro atoms. The van der Waals surface area contributed by atoms with Crippen LogP contribution in [0.25, 0.3) is 0 Å². The summed E-state index contributed by atoms with van der Waals surface area (Å²) >= 11 is 0. The molecule has 3 heteroatoms. The third kappa shape index (κ3) is 3.99. The van der Waals surface area contributed by atoms with Crippen molar-refractivity contribution < 1.29 is 4.79 Å². The lowest BCUT2D eigenvalue weighted by atomic mass is 9.94. The minimum Gasteiger partial charge on any atom is -0.385 e. The van der Waals surface area contributed by atoms with E-state index >= 15 is 0 Å². The molecule has 116 valence electrons. The van der Waals surface area contributed by atoms with Crippen LogP contribution in [0.15, 0.2) is 18.2 Å². The molecule has 0 saturated heterocycles. The lowest BCUT2D eigenvalue weighted by molar-refractivity contribution is 0.0695. The van der Waals surface area contributed by atoms with Gasteiger partial charge in [-0.3, -0.25) is 4.79 Å². The fraction of sp³-hybridized carbons (Fsp3) is 0.611. The van der Waals surface area contributed by atoms with Crippen LogP contribution < -0.4 is 5.32 Å². The normalized spacial score (nSPS) is 15.8. The summed E-state index contributed by atoms with van der Waals surface area (Å²) in [7, 11) is 1.96. The Morgan fingerprint density at radius 1 is 1.29 bits per heavy atom. The maximum atomic E-state index is 12.7. The number of benzene rings is 1. The molecule has 21 heavy (non-hydrogen) atoms. The molecular weight excluding hydrogens is 260 g/mol. The average Bonchev–Trinajstić information content (AvgIpc) is 2.52. The van der Waals surface area contributed by atoms with Crippen molar-refractivity contribution >= 4 is 11.6 Å². The number of nitrogens with one attached hydrogen (secondary N) is 1. The van der Waals surface area contributed by atoms with E-state index in [-0.39, 0.29) is 5.91 Å². The lowest BCUT2D eigenvalue weighted by Gasteiger charge is -2.31. The van der Waals surface area contributed by atoms with E-state index in [4.69, 9.17) is 0 Å². The SMILES string of the molecule is CCCNc1ccc(C(=O)N(C)C2CCCCC2)c(C)c1. The standard InChI is InChI=1S/C18H28N2O/c1-4-12-19-15-10-11-17(14(2)13-15)18(21)20(3)16-8-6-5-7-9-16/h10-11,13,16,19H,4-9,12H2,1-3H3. The Morgan fingerprint density at radius 2 is 2.00 bits per heavy atom. The van der Waals surface area contributed by atoms with Gasteiger partial charge in [0.2, 0.25) is 0 Å². The van der Waals surface area contributed by atoms with Crippen LogP contribution in [0, 0.1) is 6.92 Å². The molecule has 0 atom stereocenters. The highest BCUT2D eigenvalue weighted by Crippen LogP contribution is 2.24. The molecule has 1 aromatic rings. The van der Waals surface area contributed by atoms with Gasteiger partial charge in [-0.25, -0.2) is 0 Å². The summed E-state index contributed by atoms with van der Waals surface area (Å²) in [4.78, 5) is 14.7. The van der Waals surface area contributed by atoms with Gasteiger partial charge in [-0.2, -0.15) is 0 Å². The number of rotatable bonds is 5. The summed E-state index contributed by atoms with van der Waals surface area (Å²) in [6.45, 7) is 5.14. The van der Waals surface area contributed by atoms with E-state index in [1.807, 2.05) is 31.0 Å². The van der Waals surface area contributed by atoms with Gasteiger partial charge >= 0.3 is 0 Å². The predicted octanol–water partition coefficient (Wildman–Crippen LogP) is 4.22. The van der Waals surface area contributed by atoms with Crippen molar-refractivity contribution in [3.8, 4) is 0 Å². The summed E-state index contributed by atoms with van der Waals surface area (Å²) < 4.78 is 0. The zero-order chi connectivity index (χ0) is 15.2. The van der Waals surface area contributed by atoms with Crippen LogP contribution in [0.4, 0.5) is 5.69 Å². The van der Waals surface area contributed by atoms with Crippen LogP contribution in [0.5, 0.6) is 0 Å². The average molecular weight is 288 g/mol. The van der Waals surface area contributed by atoms with Crippen molar-refractivity contribution in [2.45, 2.75) is 58.4 Å². The minimum atomic E-state index is 0.168. The molecule has 0 radical (unpaired) electrons. The second-order valence-corrected chi connectivity index (χ2v) is 6.16. The smallest absolute Gasteiger partial charge is 0.254 e. The fourth-order valence-corrected chi connectivity index (χ4v) is 3.11. The third-order valence-corrected chi connectivity index (χ3v) is 4.48. The molecule has 1 aromatic carbocycles. The van der Waals surface area contributed by atoms with Gasteiger partial charge in [0.1, 0.15) is 0 Å². The van der Waals surface area contributed by atoms with Crippen molar-refractivity contribution in [3.05, 3.63) is 29.3 Å². The third-order valence-electron chi connectivity index (χ3n) is 4.48. The molecule has 0 heterocycles. The summed E-state index contributed by atoms with van der Waals surface area (Å²) in [6.07, 6.45) is 7.22. The summed E-state index contributed by atoms with van der Waals surface area (Å²) in [5.74, 6) is 0.168. The van der Waals surface area contributed by atoms with Crippen molar-refractivity contribution in [2.75, 3.05) is 18.9 Å². The number of nitrogens with zero attached hydrogens (tertiary/aromatic N) is 1. The lowest BCUT2D eigenvalue weighted by Crippen LogP contribution is -2.38. The van der Waals surface area contributed by atoms with Crippen molar-refractivity contribution in [3.63, 3.8) is 0 Å². The van der Waals surface area contributed by atoms with Gasteiger partial charge in [0.15, 0.2) is 0 Å². The Labute approximate surface area is 128 Å². The van der Waals surface area contributed by atoms with E-state index in [9.17, 15) is 4.79 Å². The van der Waals surface area contributed by atoms with Gasteiger partial charge in [0.05, 0.1) is 0 Å². The molecule has 1 fully saturated rings. The molecule has 0 bridgehead atoms. The Balaban J connectivity index is 2.07. The Morgan fingerprint density at radius 3 is 2.62 bits per heavy atom. The second-order valence-electron chi connectivity index (χ2n) is 6.16. The van der Waals surface area contributed by atoms with Crippen LogP contribution in [0.1, 0.15) is 61.4 Å². The highest BCUT2D eigenvalue weighted by Gasteiger charge is 2.23. The Bertz CT molecular complexity index is 478.